The number of carbonyl (C=O) groups excluding carboxylic acids is 1. The summed E-state index contributed by atoms with van der Waals surface area (Å²) in [6, 6.07) is 6.32. The topological polar surface area (TPSA) is 89.8 Å². The van der Waals surface area contributed by atoms with E-state index >= 15 is 0 Å². The number of ether oxygens (including phenoxy) is 1. The molecule has 1 aliphatic heterocycles. The molecule has 0 aliphatic carbocycles. The second-order valence-electron chi connectivity index (χ2n) is 6.57. The molecule has 1 aromatic rings. The normalized spacial score (nSPS) is 14.6. The summed E-state index contributed by atoms with van der Waals surface area (Å²) in [5.41, 5.74) is 0.602. The Balaban J connectivity index is 0.000000464. The van der Waals surface area contributed by atoms with Gasteiger partial charge in [-0.15, -0.1) is 0 Å². The van der Waals surface area contributed by atoms with Gasteiger partial charge in [-0.25, -0.2) is 13.2 Å². The molecule has 0 aromatic heterocycles. The monoisotopic (exact) mass is 413 g/mol. The summed E-state index contributed by atoms with van der Waals surface area (Å²) in [6.07, 6.45) is -0.200. The van der Waals surface area contributed by atoms with Gasteiger partial charge in [-0.1, -0.05) is 17.7 Å². The van der Waals surface area contributed by atoms with Crippen LogP contribution in [0.3, 0.4) is 0 Å². The molecule has 1 aromatic carbocycles. The largest absolute Gasteiger partial charge is 1.00 e. The van der Waals surface area contributed by atoms with Crippen LogP contribution >= 0.6 is 11.8 Å². The Morgan fingerprint density at radius 2 is 1.69 bits per heavy atom. The summed E-state index contributed by atoms with van der Waals surface area (Å²) < 4.78 is 30.0. The zero-order valence-corrected chi connectivity index (χ0v) is 19.5. The van der Waals surface area contributed by atoms with E-state index in [-0.39, 0.29) is 46.1 Å². The second kappa shape index (κ2) is 11.5. The summed E-state index contributed by atoms with van der Waals surface area (Å²) >= 11 is 4.90. The van der Waals surface area contributed by atoms with Crippen LogP contribution in [0.2, 0.25) is 0 Å². The van der Waals surface area contributed by atoms with Crippen molar-refractivity contribution in [2.24, 2.45) is 0 Å². The molecule has 1 heterocycles. The van der Waals surface area contributed by atoms with Gasteiger partial charge in [-0.05, 0) is 39.8 Å². The Morgan fingerprint density at radius 1 is 1.19 bits per heavy atom. The first-order chi connectivity index (χ1) is 11.5. The summed E-state index contributed by atoms with van der Waals surface area (Å²) in [7, 11) is -3.62. The molecule has 1 amide bonds. The van der Waals surface area contributed by atoms with E-state index < -0.39 is 10.0 Å². The summed E-state index contributed by atoms with van der Waals surface area (Å²) in [5.74, 6) is 0. The predicted octanol–water partition coefficient (Wildman–Crippen LogP) is 0.0419. The first kappa shape index (κ1) is 25.6. The van der Waals surface area contributed by atoms with Gasteiger partial charge in [0, 0.05) is 31.1 Å². The van der Waals surface area contributed by atoms with E-state index in [1.165, 1.54) is 12.1 Å². The maximum atomic E-state index is 11.5. The molecule has 0 unspecified atom stereocenters. The molecule has 1 fully saturated rings. The standard InChI is InChI=1S/C9H18N2O2.C7H7ClNO2S.Na/c1-9(2,3)13-8(12)11-6-4-10-5-7-11;1-6-2-4-7(5-3-6)12(10,11)9-8;/h10H,4-7H2,1-3H3;2-5H,1H3;/q;-1;+1. The molecule has 0 radical (unpaired) electrons. The van der Waals surface area contributed by atoms with Crippen molar-refractivity contribution in [3.63, 3.8) is 0 Å². The van der Waals surface area contributed by atoms with Gasteiger partial charge in [0.2, 0.25) is 0 Å². The number of nitrogens with zero attached hydrogens (tertiary/aromatic N) is 2. The third-order valence-corrected chi connectivity index (χ3v) is 4.77. The fraction of sp³-hybridized carbons (Fsp3) is 0.562. The molecule has 1 aliphatic rings. The van der Waals surface area contributed by atoms with Gasteiger partial charge in [0.15, 0.2) is 0 Å². The van der Waals surface area contributed by atoms with Crippen LogP contribution in [-0.4, -0.2) is 51.2 Å². The molecule has 2 rings (SSSR count). The number of sulfonamides is 1. The molecule has 0 bridgehead atoms. The first-order valence-corrected chi connectivity index (χ1v) is 9.66. The van der Waals surface area contributed by atoms with Crippen molar-refractivity contribution in [1.82, 2.24) is 10.2 Å². The average Bonchev–Trinajstić information content (AvgIpc) is 2.55. The van der Waals surface area contributed by atoms with Gasteiger partial charge in [0.25, 0.3) is 0 Å². The smallest absolute Gasteiger partial charge is 0.458 e. The Hall–Kier alpha value is -0.350. The Bertz CT molecular complexity index is 657. The molecule has 10 heteroatoms. The van der Waals surface area contributed by atoms with E-state index in [1.54, 1.807) is 17.0 Å². The van der Waals surface area contributed by atoms with Crippen LogP contribution in [0.1, 0.15) is 26.3 Å². The molecule has 0 atom stereocenters. The molecule has 0 saturated carbocycles. The van der Waals surface area contributed by atoms with Crippen LogP contribution in [0.4, 0.5) is 4.79 Å². The van der Waals surface area contributed by atoms with Crippen molar-refractivity contribution in [3.8, 4) is 0 Å². The predicted molar refractivity (Wildman–Crippen MR) is 98.3 cm³/mol. The minimum atomic E-state index is -3.62. The summed E-state index contributed by atoms with van der Waals surface area (Å²) in [6.45, 7) is 10.7. The number of halogens is 1. The maximum Gasteiger partial charge on any atom is 1.00 e. The van der Waals surface area contributed by atoms with Crippen LogP contribution < -0.4 is 34.9 Å². The zero-order valence-electron chi connectivity index (χ0n) is 16.0. The fourth-order valence-corrected chi connectivity index (χ4v) is 2.72. The second-order valence-corrected chi connectivity index (χ2v) is 8.55. The van der Waals surface area contributed by atoms with Gasteiger partial charge >= 0.3 is 35.7 Å². The number of rotatable bonds is 2. The number of benzene rings is 1. The molecular formula is C16H25ClN3NaO4S. The van der Waals surface area contributed by atoms with E-state index in [4.69, 9.17) is 16.5 Å². The quantitative estimate of drug-likeness (QED) is 0.691. The van der Waals surface area contributed by atoms with Gasteiger partial charge in [-0.2, -0.15) is 0 Å². The first-order valence-electron chi connectivity index (χ1n) is 7.89. The van der Waals surface area contributed by atoms with Crippen molar-refractivity contribution in [2.45, 2.75) is 38.2 Å². The third kappa shape index (κ3) is 9.55. The van der Waals surface area contributed by atoms with Crippen molar-refractivity contribution in [1.29, 1.82) is 0 Å². The number of aryl methyl sites for hydroxylation is 1. The van der Waals surface area contributed by atoms with E-state index in [2.05, 4.69) is 9.56 Å². The van der Waals surface area contributed by atoms with E-state index in [1.807, 2.05) is 27.7 Å². The van der Waals surface area contributed by atoms with Crippen LogP contribution in [0.5, 0.6) is 0 Å². The fourth-order valence-electron chi connectivity index (χ4n) is 1.92. The van der Waals surface area contributed by atoms with Crippen molar-refractivity contribution in [3.05, 3.63) is 34.1 Å². The molecule has 26 heavy (non-hydrogen) atoms. The maximum absolute atomic E-state index is 11.5. The number of amides is 1. The number of piperazine rings is 1. The van der Waals surface area contributed by atoms with Gasteiger partial charge in [-0.3, -0.25) is 11.8 Å². The number of carbonyl (C=O) groups is 1. The van der Waals surface area contributed by atoms with Crippen LogP contribution in [0, 0.1) is 6.92 Å². The van der Waals surface area contributed by atoms with Crippen molar-refractivity contribution < 1.29 is 47.5 Å². The minimum absolute atomic E-state index is 0. The Morgan fingerprint density at radius 3 is 2.12 bits per heavy atom. The Labute approximate surface area is 183 Å². The van der Waals surface area contributed by atoms with Crippen molar-refractivity contribution >= 4 is 27.9 Å². The average molecular weight is 414 g/mol. The van der Waals surface area contributed by atoms with Crippen LogP contribution in [-0.2, 0) is 14.8 Å². The van der Waals surface area contributed by atoms with E-state index in [9.17, 15) is 13.2 Å². The molecule has 142 valence electrons. The van der Waals surface area contributed by atoms with Crippen LogP contribution in [0.15, 0.2) is 29.2 Å². The zero-order chi connectivity index (χ0) is 19.1. The van der Waals surface area contributed by atoms with Gasteiger partial charge in [0.1, 0.15) is 15.6 Å². The molecule has 1 N–H and O–H groups in total. The van der Waals surface area contributed by atoms with E-state index in [0.717, 1.165) is 31.7 Å². The van der Waals surface area contributed by atoms with Crippen LogP contribution in [0.25, 0.3) is 4.24 Å². The number of hydrogen-bond acceptors (Lipinski definition) is 5. The number of hydrogen-bond donors (Lipinski definition) is 1. The van der Waals surface area contributed by atoms with E-state index in [0.29, 0.717) is 0 Å². The number of nitrogens with one attached hydrogen (secondary N) is 1. The molecule has 1 saturated heterocycles. The van der Waals surface area contributed by atoms with Crippen molar-refractivity contribution in [2.75, 3.05) is 26.2 Å². The van der Waals surface area contributed by atoms with Gasteiger partial charge in [0.05, 0.1) is 0 Å². The molecular weight excluding hydrogens is 389 g/mol. The molecule has 0 spiro atoms. The van der Waals surface area contributed by atoms with Gasteiger partial charge < -0.3 is 19.2 Å². The molecule has 7 nitrogen and oxygen atoms in total. The minimum Gasteiger partial charge on any atom is -0.458 e. The summed E-state index contributed by atoms with van der Waals surface area (Å²) in [4.78, 5) is 13.3. The Kier molecular flexibility index (Phi) is 11.3. The summed E-state index contributed by atoms with van der Waals surface area (Å²) in [5, 5.41) is 3.18. The third-order valence-electron chi connectivity index (χ3n) is 3.18. The SMILES string of the molecule is CC(C)(C)OC(=O)N1CCNCC1.Cc1ccc(S(=O)(=O)[N-]Cl)cc1.[Na+].